The molecule has 11 aromatic rings. The minimum atomic E-state index is 0.970. The third-order valence-electron chi connectivity index (χ3n) is 11.1. The van der Waals surface area contributed by atoms with Gasteiger partial charge in [-0.3, -0.25) is 0 Å². The lowest BCUT2D eigenvalue weighted by Crippen LogP contribution is -1.93. The van der Waals surface area contributed by atoms with E-state index >= 15 is 0 Å². The number of rotatable bonds is 5. The zero-order valence-electron chi connectivity index (χ0n) is 29.3. The third kappa shape index (κ3) is 4.37. The van der Waals surface area contributed by atoms with Gasteiger partial charge >= 0.3 is 0 Å². The summed E-state index contributed by atoms with van der Waals surface area (Å²) < 4.78 is 6.79. The number of imidazole rings is 2. The van der Waals surface area contributed by atoms with Gasteiger partial charge in [-0.05, 0) is 81.6 Å². The molecule has 0 atom stereocenters. The molecule has 11 rings (SSSR count). The molecule has 0 spiro atoms. The molecule has 0 aliphatic heterocycles. The van der Waals surface area contributed by atoms with Crippen molar-refractivity contribution in [1.82, 2.24) is 23.7 Å². The predicted molar refractivity (Wildman–Crippen MR) is 220 cm³/mol. The molecule has 0 saturated heterocycles. The van der Waals surface area contributed by atoms with Gasteiger partial charge in [-0.1, -0.05) is 115 Å². The largest absolute Gasteiger partial charge is 0.327 e. The standard InChI is InChI=1S/C48H33N5/c1-51-41-24-18-32(28-39(41)49-47(51)30-12-6-3-7-13-30)35-22-26-43-45-37(35)20-21-38-36(23-27-44(46(38)45)53(43)34-16-10-5-11-17-34)33-19-25-42-40(29-33)50-48(52(42)2)31-14-8-4-9-15-31/h3-29H,1-2H3. The van der Waals surface area contributed by atoms with Crippen LogP contribution in [0.5, 0.6) is 0 Å². The van der Waals surface area contributed by atoms with Gasteiger partial charge in [0.1, 0.15) is 11.6 Å². The Morgan fingerprint density at radius 3 is 1.25 bits per heavy atom. The second-order valence-electron chi connectivity index (χ2n) is 14.0. The molecule has 0 fully saturated rings. The van der Waals surface area contributed by atoms with E-state index in [1.54, 1.807) is 0 Å². The highest BCUT2D eigenvalue weighted by Gasteiger charge is 2.22. The molecule has 0 aliphatic rings. The van der Waals surface area contributed by atoms with Crippen molar-refractivity contribution in [1.29, 1.82) is 0 Å². The molecule has 250 valence electrons. The first-order valence-corrected chi connectivity index (χ1v) is 18.0. The molecule has 0 unspecified atom stereocenters. The Hall–Kier alpha value is -6.98. The number of aromatic nitrogens is 5. The molecule has 3 aromatic heterocycles. The van der Waals surface area contributed by atoms with Gasteiger partial charge in [0.25, 0.3) is 0 Å². The highest BCUT2D eigenvalue weighted by Crippen LogP contribution is 2.45. The fraction of sp³-hybridized carbons (Fsp3) is 0.0417. The second-order valence-corrected chi connectivity index (χ2v) is 14.0. The summed E-state index contributed by atoms with van der Waals surface area (Å²) in [5.74, 6) is 1.94. The lowest BCUT2D eigenvalue weighted by Gasteiger charge is -2.12. The van der Waals surface area contributed by atoms with Crippen LogP contribution in [0.4, 0.5) is 0 Å². The summed E-state index contributed by atoms with van der Waals surface area (Å²) in [5, 5.41) is 5.02. The van der Waals surface area contributed by atoms with Gasteiger partial charge in [-0.25, -0.2) is 9.97 Å². The quantitative estimate of drug-likeness (QED) is 0.170. The van der Waals surface area contributed by atoms with E-state index in [1.807, 2.05) is 12.1 Å². The Bertz CT molecular complexity index is 2970. The summed E-state index contributed by atoms with van der Waals surface area (Å²) in [6, 6.07) is 58.8. The Labute approximate surface area is 306 Å². The average Bonchev–Trinajstić information content (AvgIpc) is 3.86. The summed E-state index contributed by atoms with van der Waals surface area (Å²) in [4.78, 5) is 10.2. The summed E-state index contributed by atoms with van der Waals surface area (Å²) in [5.41, 5.74) is 14.7. The van der Waals surface area contributed by atoms with Crippen LogP contribution in [0.2, 0.25) is 0 Å². The zero-order chi connectivity index (χ0) is 35.2. The van der Waals surface area contributed by atoms with Gasteiger partial charge in [0.05, 0.1) is 33.1 Å². The van der Waals surface area contributed by atoms with E-state index < -0.39 is 0 Å². The number of nitrogens with zero attached hydrogens (tertiary/aromatic N) is 5. The van der Waals surface area contributed by atoms with Crippen molar-refractivity contribution in [2.45, 2.75) is 0 Å². The molecule has 5 heteroatoms. The SMILES string of the molecule is Cn1c(-c2ccccc2)nc2cc(-c3ccc4c5c3ccc3c(-c6ccc7c(c6)nc(-c6ccccc6)n7C)ccc(c35)n4-c3ccccc3)ccc21. The van der Waals surface area contributed by atoms with E-state index in [0.717, 1.165) is 61.7 Å². The van der Waals surface area contributed by atoms with E-state index in [2.05, 4.69) is 179 Å². The van der Waals surface area contributed by atoms with Crippen LogP contribution in [-0.2, 0) is 14.1 Å². The number of hydrogen-bond donors (Lipinski definition) is 0. The van der Waals surface area contributed by atoms with E-state index in [1.165, 1.54) is 43.7 Å². The highest BCUT2D eigenvalue weighted by molar-refractivity contribution is 6.28. The Morgan fingerprint density at radius 1 is 0.377 bits per heavy atom. The molecule has 0 amide bonds. The maximum atomic E-state index is 5.12. The first-order valence-electron chi connectivity index (χ1n) is 18.0. The molecule has 8 aromatic carbocycles. The molecule has 0 bridgehead atoms. The first-order chi connectivity index (χ1) is 26.1. The fourth-order valence-corrected chi connectivity index (χ4v) is 8.54. The third-order valence-corrected chi connectivity index (χ3v) is 11.1. The van der Waals surface area contributed by atoms with Crippen molar-refractivity contribution < 1.29 is 0 Å². The molecular weight excluding hydrogens is 647 g/mol. The van der Waals surface area contributed by atoms with Crippen LogP contribution in [0.3, 0.4) is 0 Å². The average molecular weight is 680 g/mol. The predicted octanol–water partition coefficient (Wildman–Crippen LogP) is 11.8. The molecule has 0 aliphatic carbocycles. The summed E-state index contributed by atoms with van der Waals surface area (Å²) in [6.45, 7) is 0. The van der Waals surface area contributed by atoms with Crippen molar-refractivity contribution in [2.24, 2.45) is 14.1 Å². The smallest absolute Gasteiger partial charge is 0.140 e. The van der Waals surface area contributed by atoms with Crippen molar-refractivity contribution in [3.8, 4) is 50.7 Å². The zero-order valence-corrected chi connectivity index (χ0v) is 29.3. The lowest BCUT2D eigenvalue weighted by molar-refractivity contribution is 0.959. The van der Waals surface area contributed by atoms with Crippen LogP contribution in [-0.4, -0.2) is 23.7 Å². The van der Waals surface area contributed by atoms with Crippen molar-refractivity contribution in [2.75, 3.05) is 0 Å². The minimum absolute atomic E-state index is 0.970. The van der Waals surface area contributed by atoms with E-state index in [0.29, 0.717) is 0 Å². The normalized spacial score (nSPS) is 12.0. The van der Waals surface area contributed by atoms with Gasteiger partial charge < -0.3 is 13.7 Å². The van der Waals surface area contributed by atoms with Gasteiger partial charge in [-0.15, -0.1) is 0 Å². The summed E-state index contributed by atoms with van der Waals surface area (Å²) >= 11 is 0. The number of para-hydroxylation sites is 1. The summed E-state index contributed by atoms with van der Waals surface area (Å²) in [6.07, 6.45) is 0. The van der Waals surface area contributed by atoms with Crippen LogP contribution in [0, 0.1) is 0 Å². The van der Waals surface area contributed by atoms with Crippen molar-refractivity contribution in [3.63, 3.8) is 0 Å². The van der Waals surface area contributed by atoms with E-state index in [4.69, 9.17) is 9.97 Å². The molecule has 0 radical (unpaired) electrons. The first kappa shape index (κ1) is 29.7. The number of benzene rings is 8. The number of fused-ring (bicyclic) bond motifs is 2. The molecule has 3 heterocycles. The van der Waals surface area contributed by atoms with Crippen molar-refractivity contribution >= 4 is 54.6 Å². The van der Waals surface area contributed by atoms with Crippen LogP contribution >= 0.6 is 0 Å². The molecule has 0 N–H and O–H groups in total. The monoisotopic (exact) mass is 679 g/mol. The molecule has 5 nitrogen and oxygen atoms in total. The molecule has 0 saturated carbocycles. The maximum absolute atomic E-state index is 5.12. The second kappa shape index (κ2) is 11.3. The topological polar surface area (TPSA) is 40.6 Å². The van der Waals surface area contributed by atoms with Crippen LogP contribution < -0.4 is 0 Å². The van der Waals surface area contributed by atoms with Crippen LogP contribution in [0.15, 0.2) is 164 Å². The van der Waals surface area contributed by atoms with Gasteiger partial charge in [-0.2, -0.15) is 0 Å². The van der Waals surface area contributed by atoms with Gasteiger partial charge in [0, 0.05) is 41.7 Å². The lowest BCUT2D eigenvalue weighted by atomic mass is 9.91. The van der Waals surface area contributed by atoms with Crippen LogP contribution in [0.25, 0.3) is 105 Å². The highest BCUT2D eigenvalue weighted by atomic mass is 15.1. The fourth-order valence-electron chi connectivity index (χ4n) is 8.54. The van der Waals surface area contributed by atoms with E-state index in [-0.39, 0.29) is 0 Å². The van der Waals surface area contributed by atoms with Gasteiger partial charge in [0.15, 0.2) is 0 Å². The Morgan fingerprint density at radius 2 is 0.792 bits per heavy atom. The van der Waals surface area contributed by atoms with Gasteiger partial charge in [0.2, 0.25) is 0 Å². The minimum Gasteiger partial charge on any atom is -0.327 e. The number of aryl methyl sites for hydroxylation is 2. The molecule has 53 heavy (non-hydrogen) atoms. The maximum Gasteiger partial charge on any atom is 0.140 e. The molecular formula is C48H33N5. The number of hydrogen-bond acceptors (Lipinski definition) is 2. The van der Waals surface area contributed by atoms with E-state index in [9.17, 15) is 0 Å². The Balaban J connectivity index is 1.13. The Kier molecular flexibility index (Phi) is 6.31. The van der Waals surface area contributed by atoms with Crippen LogP contribution in [0.1, 0.15) is 0 Å². The van der Waals surface area contributed by atoms with Crippen molar-refractivity contribution in [3.05, 3.63) is 164 Å². The summed E-state index contributed by atoms with van der Waals surface area (Å²) in [7, 11) is 4.20.